The Labute approximate surface area is 163 Å². The van der Waals surface area contributed by atoms with Gasteiger partial charge in [0.15, 0.2) is 0 Å². The van der Waals surface area contributed by atoms with E-state index in [0.717, 1.165) is 16.3 Å². The Bertz CT molecular complexity index is 1020. The molecule has 0 atom stereocenters. The molecule has 28 heavy (non-hydrogen) atoms. The number of aromatic nitrogens is 1. The maximum Gasteiger partial charge on any atom is 0.256 e. The van der Waals surface area contributed by atoms with E-state index < -0.39 is 6.67 Å². The number of hydrogen-bond acceptors (Lipinski definition) is 4. The predicted molar refractivity (Wildman–Crippen MR) is 108 cm³/mol. The number of morpholine rings is 1. The summed E-state index contributed by atoms with van der Waals surface area (Å²) in [5.74, 6) is 0.573. The van der Waals surface area contributed by atoms with Crippen LogP contribution in [0.15, 0.2) is 48.7 Å². The number of hydrogen-bond donors (Lipinski definition) is 1. The van der Waals surface area contributed by atoms with Gasteiger partial charge < -0.3 is 15.0 Å². The SMILES string of the molecule is Cc1cccc2c(Nc3ccccc3CF)ncc(C(=O)N3CCOCC3)c12. The van der Waals surface area contributed by atoms with Crippen molar-refractivity contribution in [3.05, 3.63) is 65.4 Å². The van der Waals surface area contributed by atoms with Crippen LogP contribution in [0.2, 0.25) is 0 Å². The number of amides is 1. The number of benzene rings is 2. The van der Waals surface area contributed by atoms with Gasteiger partial charge in [0.25, 0.3) is 5.91 Å². The van der Waals surface area contributed by atoms with Crippen molar-refractivity contribution in [3.8, 4) is 0 Å². The summed E-state index contributed by atoms with van der Waals surface area (Å²) in [4.78, 5) is 19.4. The molecule has 1 N–H and O–H groups in total. The molecule has 144 valence electrons. The zero-order valence-electron chi connectivity index (χ0n) is 15.7. The highest BCUT2D eigenvalue weighted by molar-refractivity contribution is 6.10. The van der Waals surface area contributed by atoms with Crippen LogP contribution in [0.4, 0.5) is 15.9 Å². The smallest absolute Gasteiger partial charge is 0.256 e. The van der Waals surface area contributed by atoms with Crippen LogP contribution in [-0.4, -0.2) is 42.1 Å². The van der Waals surface area contributed by atoms with Gasteiger partial charge >= 0.3 is 0 Å². The molecule has 0 spiro atoms. The normalized spacial score (nSPS) is 14.3. The third kappa shape index (κ3) is 3.43. The fourth-order valence-electron chi connectivity index (χ4n) is 3.57. The average Bonchev–Trinajstić information content (AvgIpc) is 2.75. The quantitative estimate of drug-likeness (QED) is 0.737. The number of fused-ring (bicyclic) bond motifs is 1. The van der Waals surface area contributed by atoms with Crippen LogP contribution in [0.25, 0.3) is 10.8 Å². The lowest BCUT2D eigenvalue weighted by atomic mass is 10.0. The summed E-state index contributed by atoms with van der Waals surface area (Å²) in [6.45, 7) is 3.68. The fraction of sp³-hybridized carbons (Fsp3) is 0.273. The number of anilines is 2. The molecule has 1 aliphatic heterocycles. The van der Waals surface area contributed by atoms with Gasteiger partial charge in [0, 0.05) is 41.3 Å². The van der Waals surface area contributed by atoms with Gasteiger partial charge in [-0.1, -0.05) is 36.4 Å². The highest BCUT2D eigenvalue weighted by Crippen LogP contribution is 2.31. The molecule has 2 heterocycles. The van der Waals surface area contributed by atoms with Crippen molar-refractivity contribution in [2.75, 3.05) is 31.6 Å². The monoisotopic (exact) mass is 379 g/mol. The number of halogens is 1. The maximum absolute atomic E-state index is 13.3. The standard InChI is InChI=1S/C22H22FN3O2/c1-15-5-4-7-17-20(15)18(22(27)26-9-11-28-12-10-26)14-24-21(17)25-19-8-3-2-6-16(19)13-23/h2-8,14H,9-13H2,1H3,(H,24,25). The molecule has 0 unspecified atom stereocenters. The largest absolute Gasteiger partial charge is 0.378 e. The number of pyridine rings is 1. The Morgan fingerprint density at radius 3 is 2.75 bits per heavy atom. The van der Waals surface area contributed by atoms with Gasteiger partial charge in [-0.2, -0.15) is 0 Å². The number of para-hydroxylation sites is 1. The van der Waals surface area contributed by atoms with Crippen molar-refractivity contribution < 1.29 is 13.9 Å². The van der Waals surface area contributed by atoms with Crippen LogP contribution < -0.4 is 5.32 Å². The van der Waals surface area contributed by atoms with Gasteiger partial charge in [-0.3, -0.25) is 4.79 Å². The van der Waals surface area contributed by atoms with E-state index in [1.807, 2.05) is 37.3 Å². The van der Waals surface area contributed by atoms with Crippen molar-refractivity contribution in [1.82, 2.24) is 9.88 Å². The molecule has 1 saturated heterocycles. The second kappa shape index (κ2) is 7.94. The maximum atomic E-state index is 13.3. The van der Waals surface area contributed by atoms with Crippen LogP contribution in [0.1, 0.15) is 21.5 Å². The minimum absolute atomic E-state index is 0.0363. The number of rotatable bonds is 4. The summed E-state index contributed by atoms with van der Waals surface area (Å²) < 4.78 is 18.7. The molecular weight excluding hydrogens is 357 g/mol. The van der Waals surface area contributed by atoms with Crippen LogP contribution >= 0.6 is 0 Å². The van der Waals surface area contributed by atoms with Gasteiger partial charge in [-0.25, -0.2) is 9.37 Å². The van der Waals surface area contributed by atoms with E-state index in [1.54, 1.807) is 23.2 Å². The van der Waals surface area contributed by atoms with Crippen molar-refractivity contribution >= 4 is 28.2 Å². The van der Waals surface area contributed by atoms with E-state index >= 15 is 0 Å². The number of nitrogens with zero attached hydrogens (tertiary/aromatic N) is 2. The molecule has 0 saturated carbocycles. The molecule has 1 aromatic heterocycles. The summed E-state index contributed by atoms with van der Waals surface area (Å²) >= 11 is 0. The van der Waals surface area contributed by atoms with E-state index in [9.17, 15) is 9.18 Å². The second-order valence-electron chi connectivity index (χ2n) is 6.84. The number of aryl methyl sites for hydroxylation is 1. The minimum Gasteiger partial charge on any atom is -0.378 e. The number of ether oxygens (including phenoxy) is 1. The number of carbonyl (C=O) groups excluding carboxylic acids is 1. The van der Waals surface area contributed by atoms with Crippen LogP contribution in [0, 0.1) is 6.92 Å². The third-order valence-corrected chi connectivity index (χ3v) is 5.06. The van der Waals surface area contributed by atoms with E-state index in [-0.39, 0.29) is 5.91 Å². The van der Waals surface area contributed by atoms with Gasteiger partial charge in [0.05, 0.1) is 18.8 Å². The Morgan fingerprint density at radius 1 is 1.18 bits per heavy atom. The Balaban J connectivity index is 1.78. The van der Waals surface area contributed by atoms with Crippen molar-refractivity contribution in [2.45, 2.75) is 13.6 Å². The van der Waals surface area contributed by atoms with E-state index in [1.165, 1.54) is 0 Å². The van der Waals surface area contributed by atoms with Gasteiger partial charge in [0.1, 0.15) is 12.5 Å². The highest BCUT2D eigenvalue weighted by Gasteiger charge is 2.22. The topological polar surface area (TPSA) is 54.5 Å². The molecule has 0 aliphatic carbocycles. The Kier molecular flexibility index (Phi) is 5.21. The molecule has 2 aromatic carbocycles. The number of nitrogens with one attached hydrogen (secondary N) is 1. The second-order valence-corrected chi connectivity index (χ2v) is 6.84. The first kappa shape index (κ1) is 18.4. The molecule has 1 fully saturated rings. The Morgan fingerprint density at radius 2 is 1.96 bits per heavy atom. The van der Waals surface area contributed by atoms with Crippen molar-refractivity contribution in [3.63, 3.8) is 0 Å². The summed E-state index contributed by atoms with van der Waals surface area (Å²) in [5, 5.41) is 4.95. The minimum atomic E-state index is -0.562. The van der Waals surface area contributed by atoms with E-state index in [0.29, 0.717) is 48.9 Å². The Hall–Kier alpha value is -2.99. The summed E-state index contributed by atoms with van der Waals surface area (Å²) in [6, 6.07) is 13.1. The first-order valence-corrected chi connectivity index (χ1v) is 9.35. The van der Waals surface area contributed by atoms with Crippen molar-refractivity contribution in [2.24, 2.45) is 0 Å². The van der Waals surface area contributed by atoms with Crippen LogP contribution in [0.5, 0.6) is 0 Å². The van der Waals surface area contributed by atoms with Gasteiger partial charge in [0.2, 0.25) is 0 Å². The lowest BCUT2D eigenvalue weighted by Gasteiger charge is -2.27. The zero-order chi connectivity index (χ0) is 19.5. The van der Waals surface area contributed by atoms with E-state index in [4.69, 9.17) is 4.74 Å². The lowest BCUT2D eigenvalue weighted by Crippen LogP contribution is -2.40. The molecular formula is C22H22FN3O2. The van der Waals surface area contributed by atoms with Crippen LogP contribution in [0.3, 0.4) is 0 Å². The molecule has 1 aliphatic rings. The molecule has 1 amide bonds. The first-order chi connectivity index (χ1) is 13.7. The number of carbonyl (C=O) groups is 1. The van der Waals surface area contributed by atoms with Gasteiger partial charge in [-0.05, 0) is 18.6 Å². The van der Waals surface area contributed by atoms with Crippen LogP contribution in [-0.2, 0) is 11.4 Å². The fourth-order valence-corrected chi connectivity index (χ4v) is 3.57. The number of alkyl halides is 1. The summed E-state index contributed by atoms with van der Waals surface area (Å²) in [7, 11) is 0. The molecule has 3 aromatic rings. The van der Waals surface area contributed by atoms with Gasteiger partial charge in [-0.15, -0.1) is 0 Å². The zero-order valence-corrected chi connectivity index (χ0v) is 15.7. The summed E-state index contributed by atoms with van der Waals surface area (Å²) in [5.41, 5.74) is 2.82. The first-order valence-electron chi connectivity index (χ1n) is 9.35. The molecule has 5 nitrogen and oxygen atoms in total. The summed E-state index contributed by atoms with van der Waals surface area (Å²) in [6.07, 6.45) is 1.62. The third-order valence-electron chi connectivity index (χ3n) is 5.06. The molecule has 6 heteroatoms. The molecule has 4 rings (SSSR count). The molecule has 0 bridgehead atoms. The lowest BCUT2D eigenvalue weighted by molar-refractivity contribution is 0.0304. The van der Waals surface area contributed by atoms with E-state index in [2.05, 4.69) is 10.3 Å². The predicted octanol–water partition coefficient (Wildman–Crippen LogP) is 4.23. The van der Waals surface area contributed by atoms with Crippen molar-refractivity contribution in [1.29, 1.82) is 0 Å². The highest BCUT2D eigenvalue weighted by atomic mass is 19.1. The molecule has 0 radical (unpaired) electrons. The average molecular weight is 379 g/mol.